The molecule has 1 fully saturated rings. The van der Waals surface area contributed by atoms with E-state index in [-0.39, 0.29) is 27.7 Å². The van der Waals surface area contributed by atoms with Gasteiger partial charge in [0.2, 0.25) is 15.9 Å². The quantitative estimate of drug-likeness (QED) is 0.519. The molecule has 3 aromatic rings. The summed E-state index contributed by atoms with van der Waals surface area (Å²) in [5.41, 5.74) is 1.30. The average Bonchev–Trinajstić information content (AvgIpc) is 3.39. The third kappa shape index (κ3) is 5.99. The van der Waals surface area contributed by atoms with E-state index in [1.54, 1.807) is 12.0 Å². The maximum Gasteiger partial charge on any atom is 0.286 e. The van der Waals surface area contributed by atoms with Crippen molar-refractivity contribution in [2.75, 3.05) is 25.5 Å². The van der Waals surface area contributed by atoms with Crippen molar-refractivity contribution >= 4 is 34.7 Å². The van der Waals surface area contributed by atoms with Gasteiger partial charge >= 0.3 is 0 Å². The third-order valence-corrected chi connectivity index (χ3v) is 6.61. The summed E-state index contributed by atoms with van der Waals surface area (Å²) in [5, 5.41) is 13.4. The number of nitrogens with one attached hydrogen (secondary N) is 2. The van der Waals surface area contributed by atoms with Crippen LogP contribution < -0.4 is 15.4 Å². The average molecular weight is 498 g/mol. The van der Waals surface area contributed by atoms with E-state index in [9.17, 15) is 18.8 Å². The minimum absolute atomic E-state index is 0.0308. The second-order valence-corrected chi connectivity index (χ2v) is 8.95. The fraction of sp³-hybridized carbons (Fsp3) is 0.292. The van der Waals surface area contributed by atoms with Crippen molar-refractivity contribution in [3.05, 3.63) is 69.9 Å². The van der Waals surface area contributed by atoms with Crippen LogP contribution in [0.5, 0.6) is 5.75 Å². The van der Waals surface area contributed by atoms with E-state index in [0.29, 0.717) is 38.2 Å². The summed E-state index contributed by atoms with van der Waals surface area (Å²) in [6, 6.07) is 12.8. The number of carbonyl (C=O) groups excluding carboxylic acids is 3. The summed E-state index contributed by atoms with van der Waals surface area (Å²) in [6.07, 6.45) is 1.06. The largest absolute Gasteiger partial charge is 0.496 e. The minimum atomic E-state index is -0.529. The molecule has 0 bridgehead atoms. The molecule has 2 heterocycles. The molecule has 0 aliphatic carbocycles. The molecule has 9 nitrogen and oxygen atoms in total. The van der Waals surface area contributed by atoms with Crippen molar-refractivity contribution in [1.29, 1.82) is 0 Å². The van der Waals surface area contributed by atoms with Gasteiger partial charge in [0.15, 0.2) is 0 Å². The molecule has 1 aliphatic rings. The normalized spacial score (nSPS) is 13.8. The topological polar surface area (TPSA) is 114 Å². The predicted molar refractivity (Wildman–Crippen MR) is 128 cm³/mol. The monoisotopic (exact) mass is 497 g/mol. The number of halogens is 1. The number of hydrogen-bond acceptors (Lipinski definition) is 7. The van der Waals surface area contributed by atoms with E-state index in [1.165, 1.54) is 24.3 Å². The van der Waals surface area contributed by atoms with Crippen LogP contribution in [0.3, 0.4) is 0 Å². The van der Waals surface area contributed by atoms with E-state index in [0.717, 1.165) is 22.6 Å². The molecule has 2 aromatic carbocycles. The zero-order valence-corrected chi connectivity index (χ0v) is 19.8. The second-order valence-electron chi connectivity index (χ2n) is 7.97. The van der Waals surface area contributed by atoms with Crippen LogP contribution in [-0.4, -0.2) is 53.0 Å². The van der Waals surface area contributed by atoms with Gasteiger partial charge in [-0.15, -0.1) is 10.2 Å². The first-order valence-electron chi connectivity index (χ1n) is 11.0. The number of para-hydroxylation sites is 1. The molecule has 11 heteroatoms. The van der Waals surface area contributed by atoms with Gasteiger partial charge in [-0.2, -0.15) is 0 Å². The Bertz CT molecular complexity index is 1210. The molecule has 35 heavy (non-hydrogen) atoms. The highest BCUT2D eigenvalue weighted by atomic mass is 32.1. The Kier molecular flexibility index (Phi) is 7.66. The van der Waals surface area contributed by atoms with E-state index < -0.39 is 11.7 Å². The van der Waals surface area contributed by atoms with Crippen molar-refractivity contribution in [2.45, 2.75) is 19.4 Å². The molecule has 0 unspecified atom stereocenters. The molecule has 3 amide bonds. The molecule has 4 rings (SSSR count). The lowest BCUT2D eigenvalue weighted by Gasteiger charge is -2.30. The van der Waals surface area contributed by atoms with Crippen LogP contribution in [0.25, 0.3) is 0 Å². The summed E-state index contributed by atoms with van der Waals surface area (Å²) in [6.45, 7) is 1.18. The number of aromatic nitrogens is 2. The van der Waals surface area contributed by atoms with Gasteiger partial charge in [-0.1, -0.05) is 29.5 Å². The second kappa shape index (κ2) is 11.0. The number of methoxy groups -OCH3 is 1. The zero-order chi connectivity index (χ0) is 24.8. The van der Waals surface area contributed by atoms with Crippen molar-refractivity contribution in [1.82, 2.24) is 20.4 Å². The SMILES string of the molecule is COc1ccccc1CNC(=O)C1CCN(C(=O)c2nnc(C(=O)Nc3ccc(F)cc3)s2)CC1. The molecular formula is C24H24FN5O4S. The summed E-state index contributed by atoms with van der Waals surface area (Å²) in [4.78, 5) is 39.4. The standard InChI is InChI=1S/C24H24FN5O4S/c1-34-19-5-3-2-4-16(19)14-26-20(31)15-10-12-30(13-11-15)24(33)23-29-28-22(35-23)21(32)27-18-8-6-17(25)7-9-18/h2-9,15H,10-14H2,1H3,(H,26,31)(H,27,32). The van der Waals surface area contributed by atoms with E-state index in [4.69, 9.17) is 4.74 Å². The van der Waals surface area contributed by atoms with E-state index in [1.807, 2.05) is 24.3 Å². The smallest absolute Gasteiger partial charge is 0.286 e. The molecule has 1 aromatic heterocycles. The van der Waals surface area contributed by atoms with Crippen LogP contribution in [0.1, 0.15) is 38.0 Å². The Labute approximate surface area is 205 Å². The molecule has 1 saturated heterocycles. The lowest BCUT2D eigenvalue weighted by molar-refractivity contribution is -0.126. The van der Waals surface area contributed by atoms with Gasteiger partial charge in [0.1, 0.15) is 11.6 Å². The zero-order valence-electron chi connectivity index (χ0n) is 19.0. The molecule has 182 valence electrons. The Balaban J connectivity index is 1.27. The molecule has 0 radical (unpaired) electrons. The lowest BCUT2D eigenvalue weighted by Crippen LogP contribution is -2.42. The van der Waals surface area contributed by atoms with Gasteiger partial charge in [0.05, 0.1) is 7.11 Å². The number of benzene rings is 2. The van der Waals surface area contributed by atoms with Crippen molar-refractivity contribution in [3.63, 3.8) is 0 Å². The number of hydrogen-bond donors (Lipinski definition) is 2. The Morgan fingerprint density at radius 3 is 2.46 bits per heavy atom. The first-order chi connectivity index (χ1) is 16.9. The Morgan fingerprint density at radius 1 is 1.06 bits per heavy atom. The van der Waals surface area contributed by atoms with Gasteiger partial charge in [-0.25, -0.2) is 4.39 Å². The number of anilines is 1. The highest BCUT2D eigenvalue weighted by Crippen LogP contribution is 2.22. The Hall–Kier alpha value is -3.86. The van der Waals surface area contributed by atoms with Crippen molar-refractivity contribution in [3.8, 4) is 5.75 Å². The molecule has 0 saturated carbocycles. The fourth-order valence-corrected chi connectivity index (χ4v) is 4.48. The van der Waals surface area contributed by atoms with Crippen LogP contribution in [0.15, 0.2) is 48.5 Å². The fourth-order valence-electron chi connectivity index (χ4n) is 3.77. The first kappa shape index (κ1) is 24.3. The number of carbonyl (C=O) groups is 3. The van der Waals surface area contributed by atoms with Gasteiger partial charge in [-0.05, 0) is 43.2 Å². The number of ether oxygens (including phenoxy) is 1. The van der Waals surface area contributed by atoms with Crippen LogP contribution in [-0.2, 0) is 11.3 Å². The molecule has 2 N–H and O–H groups in total. The van der Waals surface area contributed by atoms with Gasteiger partial charge < -0.3 is 20.3 Å². The molecule has 0 spiro atoms. The van der Waals surface area contributed by atoms with Gasteiger partial charge in [0.25, 0.3) is 11.8 Å². The molecule has 1 aliphatic heterocycles. The predicted octanol–water partition coefficient (Wildman–Crippen LogP) is 3.11. The van der Waals surface area contributed by atoms with Gasteiger partial charge in [-0.3, -0.25) is 14.4 Å². The molecular weight excluding hydrogens is 473 g/mol. The van der Waals surface area contributed by atoms with Crippen molar-refractivity contribution < 1.29 is 23.5 Å². The van der Waals surface area contributed by atoms with Gasteiger partial charge in [0, 0.05) is 36.8 Å². The summed E-state index contributed by atoms with van der Waals surface area (Å²) < 4.78 is 18.3. The maximum absolute atomic E-state index is 13.0. The maximum atomic E-state index is 13.0. The Morgan fingerprint density at radius 2 is 1.74 bits per heavy atom. The van der Waals surface area contributed by atoms with E-state index >= 15 is 0 Å². The number of likely N-dealkylation sites (tertiary alicyclic amines) is 1. The number of piperidine rings is 1. The number of nitrogens with zero attached hydrogens (tertiary/aromatic N) is 3. The summed E-state index contributed by atoms with van der Waals surface area (Å²) >= 11 is 0.891. The van der Waals surface area contributed by atoms with Crippen LogP contribution in [0, 0.1) is 11.7 Å². The lowest BCUT2D eigenvalue weighted by atomic mass is 9.95. The first-order valence-corrected chi connectivity index (χ1v) is 11.9. The van der Waals surface area contributed by atoms with Crippen molar-refractivity contribution in [2.24, 2.45) is 5.92 Å². The number of rotatable bonds is 7. The summed E-state index contributed by atoms with van der Waals surface area (Å²) in [5.74, 6) is -0.797. The van der Waals surface area contributed by atoms with E-state index in [2.05, 4.69) is 20.8 Å². The van der Waals surface area contributed by atoms with Crippen LogP contribution in [0.2, 0.25) is 0 Å². The third-order valence-electron chi connectivity index (χ3n) is 5.70. The minimum Gasteiger partial charge on any atom is -0.496 e. The van der Waals surface area contributed by atoms with Crippen LogP contribution >= 0.6 is 11.3 Å². The highest BCUT2D eigenvalue weighted by Gasteiger charge is 2.30. The van der Waals surface area contributed by atoms with Crippen LogP contribution in [0.4, 0.5) is 10.1 Å². The number of amides is 3. The summed E-state index contributed by atoms with van der Waals surface area (Å²) in [7, 11) is 1.59. The molecule has 0 atom stereocenters. The highest BCUT2D eigenvalue weighted by molar-refractivity contribution is 7.15.